The van der Waals surface area contributed by atoms with Gasteiger partial charge < -0.3 is 10.0 Å². The number of hydrogen-bond donors (Lipinski definition) is 1. The number of nitrogens with zero attached hydrogens (tertiary/aromatic N) is 1. The molecule has 86 valence electrons. The first kappa shape index (κ1) is 13.9. The summed E-state index contributed by atoms with van der Waals surface area (Å²) in [4.78, 5) is 2.50. The zero-order valence-electron chi connectivity index (χ0n) is 10.3. The number of hydrogen-bond acceptors (Lipinski definition) is 2. The summed E-state index contributed by atoms with van der Waals surface area (Å²) in [7, 11) is 0. The van der Waals surface area contributed by atoms with Gasteiger partial charge in [0.2, 0.25) is 0 Å². The second-order valence-corrected chi connectivity index (χ2v) is 3.92. The largest absolute Gasteiger partial charge is 0.393 e. The molecule has 0 bridgehead atoms. The Morgan fingerprint density at radius 2 is 2.00 bits per heavy atom. The normalized spacial score (nSPS) is 28.1. The van der Waals surface area contributed by atoms with Gasteiger partial charge in [-0.05, 0) is 32.7 Å². The Bertz CT molecular complexity index is 125. The standard InChI is InChI=1S/C10H21NO.C2H6/c1-3-4-6-11-7-5-10(12)8-9(11)2;1-2/h9-10,12H,3-8H2,1-2H3;1-2H3. The molecule has 2 nitrogen and oxygen atoms in total. The number of unbranched alkanes of at least 4 members (excludes halogenated alkanes) is 1. The molecule has 2 unspecified atom stereocenters. The van der Waals surface area contributed by atoms with Gasteiger partial charge in [0.25, 0.3) is 0 Å². The van der Waals surface area contributed by atoms with Crippen LogP contribution in [-0.4, -0.2) is 35.2 Å². The summed E-state index contributed by atoms with van der Waals surface area (Å²) in [5.74, 6) is 0. The van der Waals surface area contributed by atoms with Crippen molar-refractivity contribution in [3.05, 3.63) is 0 Å². The van der Waals surface area contributed by atoms with Crippen molar-refractivity contribution in [3.63, 3.8) is 0 Å². The van der Waals surface area contributed by atoms with Crippen LogP contribution in [0.5, 0.6) is 0 Å². The summed E-state index contributed by atoms with van der Waals surface area (Å²) in [6.45, 7) is 10.7. The SMILES string of the molecule is CC.CCCCN1CCC(O)CC1C. The molecule has 2 heteroatoms. The van der Waals surface area contributed by atoms with Gasteiger partial charge in [0.15, 0.2) is 0 Å². The lowest BCUT2D eigenvalue weighted by Gasteiger charge is -2.35. The maximum atomic E-state index is 9.40. The molecule has 1 heterocycles. The smallest absolute Gasteiger partial charge is 0.0567 e. The molecule has 1 N–H and O–H groups in total. The van der Waals surface area contributed by atoms with Crippen molar-refractivity contribution in [1.82, 2.24) is 4.90 Å². The predicted molar refractivity (Wildman–Crippen MR) is 62.5 cm³/mol. The molecule has 1 aliphatic rings. The first-order chi connectivity index (χ1) is 6.74. The number of aliphatic hydroxyl groups excluding tert-OH is 1. The van der Waals surface area contributed by atoms with Crippen LogP contribution in [0, 0.1) is 0 Å². The third kappa shape index (κ3) is 4.97. The zero-order chi connectivity index (χ0) is 11.0. The fourth-order valence-electron chi connectivity index (χ4n) is 1.89. The molecule has 0 spiro atoms. The van der Waals surface area contributed by atoms with E-state index in [4.69, 9.17) is 0 Å². The summed E-state index contributed by atoms with van der Waals surface area (Å²) in [5.41, 5.74) is 0. The van der Waals surface area contributed by atoms with E-state index < -0.39 is 0 Å². The highest BCUT2D eigenvalue weighted by molar-refractivity contribution is 4.77. The molecule has 0 aromatic heterocycles. The summed E-state index contributed by atoms with van der Waals surface area (Å²) < 4.78 is 0. The summed E-state index contributed by atoms with van der Waals surface area (Å²) in [6.07, 6.45) is 4.45. The van der Waals surface area contributed by atoms with Gasteiger partial charge in [0.05, 0.1) is 6.10 Å². The Morgan fingerprint density at radius 1 is 1.36 bits per heavy atom. The van der Waals surface area contributed by atoms with Crippen molar-refractivity contribution < 1.29 is 5.11 Å². The van der Waals surface area contributed by atoms with Gasteiger partial charge in [-0.2, -0.15) is 0 Å². The van der Waals surface area contributed by atoms with Gasteiger partial charge in [0.1, 0.15) is 0 Å². The van der Waals surface area contributed by atoms with E-state index >= 15 is 0 Å². The molecule has 1 fully saturated rings. The first-order valence-electron chi connectivity index (χ1n) is 6.16. The maximum absolute atomic E-state index is 9.40. The van der Waals surface area contributed by atoms with E-state index in [9.17, 15) is 5.11 Å². The first-order valence-corrected chi connectivity index (χ1v) is 6.16. The van der Waals surface area contributed by atoms with Crippen molar-refractivity contribution in [2.75, 3.05) is 13.1 Å². The fourth-order valence-corrected chi connectivity index (χ4v) is 1.89. The lowest BCUT2D eigenvalue weighted by Crippen LogP contribution is -2.42. The lowest BCUT2D eigenvalue weighted by molar-refractivity contribution is 0.0477. The summed E-state index contributed by atoms with van der Waals surface area (Å²) >= 11 is 0. The Morgan fingerprint density at radius 3 is 2.50 bits per heavy atom. The average molecular weight is 201 g/mol. The molecule has 1 aliphatic heterocycles. The van der Waals surface area contributed by atoms with Crippen LogP contribution in [0.2, 0.25) is 0 Å². The summed E-state index contributed by atoms with van der Waals surface area (Å²) in [5, 5.41) is 9.40. The van der Waals surface area contributed by atoms with Gasteiger partial charge in [-0.25, -0.2) is 0 Å². The van der Waals surface area contributed by atoms with Crippen molar-refractivity contribution in [1.29, 1.82) is 0 Å². The van der Waals surface area contributed by atoms with E-state index in [-0.39, 0.29) is 6.10 Å². The molecule has 0 aliphatic carbocycles. The Labute approximate surface area is 89.3 Å². The monoisotopic (exact) mass is 201 g/mol. The van der Waals surface area contributed by atoms with Crippen LogP contribution >= 0.6 is 0 Å². The highest BCUT2D eigenvalue weighted by Crippen LogP contribution is 2.17. The van der Waals surface area contributed by atoms with Crippen LogP contribution in [0.15, 0.2) is 0 Å². The van der Waals surface area contributed by atoms with Crippen LogP contribution < -0.4 is 0 Å². The molecule has 0 radical (unpaired) electrons. The average Bonchev–Trinajstić information content (AvgIpc) is 2.20. The molecule has 14 heavy (non-hydrogen) atoms. The van der Waals surface area contributed by atoms with E-state index in [1.54, 1.807) is 0 Å². The number of likely N-dealkylation sites (tertiary alicyclic amines) is 1. The van der Waals surface area contributed by atoms with E-state index in [1.807, 2.05) is 13.8 Å². The second kappa shape index (κ2) is 8.25. The van der Waals surface area contributed by atoms with Crippen LogP contribution in [-0.2, 0) is 0 Å². The third-order valence-electron chi connectivity index (χ3n) is 2.78. The van der Waals surface area contributed by atoms with Crippen LogP contribution in [0.25, 0.3) is 0 Å². The van der Waals surface area contributed by atoms with Gasteiger partial charge in [-0.3, -0.25) is 0 Å². The van der Waals surface area contributed by atoms with Crippen molar-refractivity contribution >= 4 is 0 Å². The van der Waals surface area contributed by atoms with Crippen LogP contribution in [0.1, 0.15) is 53.4 Å². The lowest BCUT2D eigenvalue weighted by atomic mass is 10.0. The number of piperidine rings is 1. The van der Waals surface area contributed by atoms with Gasteiger partial charge in [0, 0.05) is 12.6 Å². The molecule has 1 saturated heterocycles. The van der Waals surface area contributed by atoms with E-state index in [0.29, 0.717) is 6.04 Å². The highest BCUT2D eigenvalue weighted by atomic mass is 16.3. The minimum absolute atomic E-state index is 0.0436. The molecule has 0 saturated carbocycles. The molecule has 0 amide bonds. The predicted octanol–water partition coefficient (Wildman–Crippen LogP) is 2.66. The molecule has 2 atom stereocenters. The topological polar surface area (TPSA) is 23.5 Å². The van der Waals surface area contributed by atoms with Crippen molar-refractivity contribution in [2.24, 2.45) is 0 Å². The Hall–Kier alpha value is -0.0800. The van der Waals surface area contributed by atoms with Crippen LogP contribution in [0.4, 0.5) is 0 Å². The molecule has 0 aromatic rings. The Kier molecular flexibility index (Phi) is 8.20. The minimum atomic E-state index is -0.0436. The van der Waals surface area contributed by atoms with Crippen molar-refractivity contribution in [2.45, 2.75) is 65.5 Å². The van der Waals surface area contributed by atoms with Gasteiger partial charge >= 0.3 is 0 Å². The van der Waals surface area contributed by atoms with Crippen molar-refractivity contribution in [3.8, 4) is 0 Å². The van der Waals surface area contributed by atoms with Gasteiger partial charge in [-0.1, -0.05) is 27.2 Å². The number of rotatable bonds is 3. The zero-order valence-corrected chi connectivity index (χ0v) is 10.3. The maximum Gasteiger partial charge on any atom is 0.0567 e. The fraction of sp³-hybridized carbons (Fsp3) is 1.00. The van der Waals surface area contributed by atoms with E-state index in [0.717, 1.165) is 19.4 Å². The minimum Gasteiger partial charge on any atom is -0.393 e. The highest BCUT2D eigenvalue weighted by Gasteiger charge is 2.22. The molecular weight excluding hydrogens is 174 g/mol. The quantitative estimate of drug-likeness (QED) is 0.759. The van der Waals surface area contributed by atoms with E-state index in [1.165, 1.54) is 19.4 Å². The summed E-state index contributed by atoms with van der Waals surface area (Å²) in [6, 6.07) is 0.584. The molecule has 0 aromatic carbocycles. The molecule has 1 rings (SSSR count). The van der Waals surface area contributed by atoms with Crippen LogP contribution in [0.3, 0.4) is 0 Å². The Balaban J connectivity index is 0.000000791. The van der Waals surface area contributed by atoms with E-state index in [2.05, 4.69) is 18.7 Å². The second-order valence-electron chi connectivity index (χ2n) is 3.92. The number of aliphatic hydroxyl groups is 1. The molecular formula is C12H27NO. The van der Waals surface area contributed by atoms with Gasteiger partial charge in [-0.15, -0.1) is 0 Å². The third-order valence-corrected chi connectivity index (χ3v) is 2.78.